The van der Waals surface area contributed by atoms with Crippen molar-refractivity contribution in [3.63, 3.8) is 0 Å². The number of rotatable bonds is 5. The van der Waals surface area contributed by atoms with Gasteiger partial charge in [0.25, 0.3) is 5.91 Å². The van der Waals surface area contributed by atoms with E-state index >= 15 is 0 Å². The van der Waals surface area contributed by atoms with Gasteiger partial charge in [0.15, 0.2) is 0 Å². The third-order valence-electron chi connectivity index (χ3n) is 4.63. The van der Waals surface area contributed by atoms with Crippen LogP contribution in [0.3, 0.4) is 0 Å². The first-order valence-corrected chi connectivity index (χ1v) is 9.57. The van der Waals surface area contributed by atoms with Crippen LogP contribution in [0.15, 0.2) is 53.4 Å². The summed E-state index contributed by atoms with van der Waals surface area (Å²) < 4.78 is 32.4. The minimum absolute atomic E-state index is 0.00647. The molecule has 3 rings (SSSR count). The van der Waals surface area contributed by atoms with Crippen molar-refractivity contribution in [1.82, 2.24) is 4.31 Å². The van der Waals surface area contributed by atoms with E-state index in [1.807, 2.05) is 30.3 Å². The number of hydrogen-bond acceptors (Lipinski definition) is 5. The number of hydrogen-bond donors (Lipinski definition) is 2. The molecule has 0 bridgehead atoms. The standard InChI is InChI=1S/C18H21N3O4S/c1-25-17-8-7-13(9-14(17)18(20)22)26(23,24)21-10-15(16(19)11-21)12-5-3-2-4-6-12/h2-9,15-16H,10-11,19H2,1H3,(H2,20,22)/t15-,16+/m0/s1. The Balaban J connectivity index is 1.92. The molecule has 0 spiro atoms. The first kappa shape index (κ1) is 18.4. The number of sulfonamides is 1. The molecule has 1 amide bonds. The number of nitrogens with zero attached hydrogens (tertiary/aromatic N) is 1. The van der Waals surface area contributed by atoms with E-state index in [9.17, 15) is 13.2 Å². The fraction of sp³-hybridized carbons (Fsp3) is 0.278. The van der Waals surface area contributed by atoms with Gasteiger partial charge in [0.2, 0.25) is 10.0 Å². The minimum atomic E-state index is -3.80. The van der Waals surface area contributed by atoms with Crippen LogP contribution in [0.5, 0.6) is 5.75 Å². The Hall–Kier alpha value is -2.42. The Morgan fingerprint density at radius 2 is 1.85 bits per heavy atom. The van der Waals surface area contributed by atoms with Crippen LogP contribution in [0.4, 0.5) is 0 Å². The van der Waals surface area contributed by atoms with Gasteiger partial charge < -0.3 is 16.2 Å². The summed E-state index contributed by atoms with van der Waals surface area (Å²) in [6, 6.07) is 13.4. The van der Waals surface area contributed by atoms with Gasteiger partial charge in [-0.05, 0) is 23.8 Å². The molecule has 0 aromatic heterocycles. The monoisotopic (exact) mass is 375 g/mol. The Morgan fingerprint density at radius 3 is 2.46 bits per heavy atom. The number of methoxy groups -OCH3 is 1. The van der Waals surface area contributed by atoms with Crippen molar-refractivity contribution in [3.8, 4) is 5.75 Å². The van der Waals surface area contributed by atoms with E-state index < -0.39 is 15.9 Å². The molecule has 4 N–H and O–H groups in total. The highest BCUT2D eigenvalue weighted by molar-refractivity contribution is 7.89. The molecule has 2 aromatic rings. The lowest BCUT2D eigenvalue weighted by molar-refractivity contribution is 0.0997. The van der Waals surface area contributed by atoms with Crippen molar-refractivity contribution in [1.29, 1.82) is 0 Å². The molecule has 1 heterocycles. The normalized spacial score (nSPS) is 20.8. The topological polar surface area (TPSA) is 116 Å². The molecule has 138 valence electrons. The van der Waals surface area contributed by atoms with Crippen molar-refractivity contribution in [2.75, 3.05) is 20.2 Å². The van der Waals surface area contributed by atoms with Crippen LogP contribution in [0.1, 0.15) is 21.8 Å². The van der Waals surface area contributed by atoms with Crippen molar-refractivity contribution < 1.29 is 17.9 Å². The van der Waals surface area contributed by atoms with Gasteiger partial charge in [0.05, 0.1) is 17.6 Å². The van der Waals surface area contributed by atoms with Gasteiger partial charge in [-0.25, -0.2) is 8.42 Å². The third-order valence-corrected chi connectivity index (χ3v) is 6.46. The number of carbonyl (C=O) groups is 1. The van der Waals surface area contributed by atoms with E-state index in [-0.39, 0.29) is 41.3 Å². The van der Waals surface area contributed by atoms with E-state index in [4.69, 9.17) is 16.2 Å². The maximum absolute atomic E-state index is 13.0. The molecular formula is C18H21N3O4S. The average molecular weight is 375 g/mol. The van der Waals surface area contributed by atoms with E-state index in [0.29, 0.717) is 0 Å². The summed E-state index contributed by atoms with van der Waals surface area (Å²) in [5.74, 6) is -0.601. The first-order chi connectivity index (χ1) is 12.3. The quantitative estimate of drug-likeness (QED) is 0.806. The molecule has 26 heavy (non-hydrogen) atoms. The van der Waals surface area contributed by atoms with Crippen LogP contribution in [0, 0.1) is 0 Å². The molecule has 1 saturated heterocycles. The second-order valence-corrected chi connectivity index (χ2v) is 8.17. The lowest BCUT2D eigenvalue weighted by Gasteiger charge is -2.17. The van der Waals surface area contributed by atoms with Gasteiger partial charge in [-0.2, -0.15) is 4.31 Å². The highest BCUT2D eigenvalue weighted by Crippen LogP contribution is 2.31. The fourth-order valence-electron chi connectivity index (χ4n) is 3.23. The highest BCUT2D eigenvalue weighted by Gasteiger charge is 2.38. The lowest BCUT2D eigenvalue weighted by atomic mass is 9.95. The molecule has 0 aliphatic carbocycles. The number of primary amides is 1. The largest absolute Gasteiger partial charge is 0.496 e. The molecule has 1 aliphatic rings. The first-order valence-electron chi connectivity index (χ1n) is 8.13. The van der Waals surface area contributed by atoms with E-state index in [0.717, 1.165) is 5.56 Å². The molecule has 0 radical (unpaired) electrons. The Kier molecular flexibility index (Phi) is 4.99. The number of ether oxygens (including phenoxy) is 1. The van der Waals surface area contributed by atoms with E-state index in [1.54, 1.807) is 0 Å². The Labute approximate surface area is 152 Å². The maximum Gasteiger partial charge on any atom is 0.252 e. The number of carbonyl (C=O) groups excluding carboxylic acids is 1. The molecular weight excluding hydrogens is 354 g/mol. The van der Waals surface area contributed by atoms with E-state index in [2.05, 4.69) is 0 Å². The predicted molar refractivity (Wildman–Crippen MR) is 97.4 cm³/mol. The average Bonchev–Trinajstić information content (AvgIpc) is 3.04. The van der Waals surface area contributed by atoms with Crippen LogP contribution >= 0.6 is 0 Å². The summed E-state index contributed by atoms with van der Waals surface area (Å²) >= 11 is 0. The Morgan fingerprint density at radius 1 is 1.15 bits per heavy atom. The number of nitrogens with two attached hydrogens (primary N) is 2. The SMILES string of the molecule is COc1ccc(S(=O)(=O)N2C[C@@H](N)[C@H](c3ccccc3)C2)cc1C(N)=O. The summed E-state index contributed by atoms with van der Waals surface area (Å²) in [6.45, 7) is 0.491. The second kappa shape index (κ2) is 7.06. The van der Waals surface area contributed by atoms with Gasteiger partial charge in [-0.15, -0.1) is 0 Å². The van der Waals surface area contributed by atoms with Gasteiger partial charge in [0.1, 0.15) is 5.75 Å². The number of benzene rings is 2. The van der Waals surface area contributed by atoms with Crippen molar-refractivity contribution >= 4 is 15.9 Å². The maximum atomic E-state index is 13.0. The summed E-state index contributed by atoms with van der Waals surface area (Å²) in [5.41, 5.74) is 12.6. The molecule has 0 unspecified atom stereocenters. The van der Waals surface area contributed by atoms with Gasteiger partial charge in [-0.3, -0.25) is 4.79 Å². The van der Waals surface area contributed by atoms with Crippen LogP contribution in [0.25, 0.3) is 0 Å². The van der Waals surface area contributed by atoms with Crippen LogP contribution in [-0.2, 0) is 10.0 Å². The van der Waals surface area contributed by atoms with E-state index in [1.165, 1.54) is 29.6 Å². The van der Waals surface area contributed by atoms with Gasteiger partial charge >= 0.3 is 0 Å². The molecule has 1 fully saturated rings. The predicted octanol–water partition coefficient (Wildman–Crippen LogP) is 0.909. The molecule has 2 atom stereocenters. The molecule has 7 nitrogen and oxygen atoms in total. The molecule has 0 saturated carbocycles. The van der Waals surface area contributed by atoms with Crippen molar-refractivity contribution in [3.05, 3.63) is 59.7 Å². The zero-order valence-corrected chi connectivity index (χ0v) is 15.1. The Bertz CT molecular complexity index is 915. The summed E-state index contributed by atoms with van der Waals surface area (Å²) in [7, 11) is -2.41. The summed E-state index contributed by atoms with van der Waals surface area (Å²) in [5, 5.41) is 0. The lowest BCUT2D eigenvalue weighted by Crippen LogP contribution is -2.32. The third kappa shape index (κ3) is 3.31. The van der Waals surface area contributed by atoms with Crippen LogP contribution in [-0.4, -0.2) is 44.9 Å². The summed E-state index contributed by atoms with van der Waals surface area (Å²) in [4.78, 5) is 11.6. The van der Waals surface area contributed by atoms with Gasteiger partial charge in [-0.1, -0.05) is 30.3 Å². The molecule has 2 aromatic carbocycles. The molecule has 8 heteroatoms. The molecule has 1 aliphatic heterocycles. The van der Waals surface area contributed by atoms with Crippen LogP contribution in [0.2, 0.25) is 0 Å². The van der Waals surface area contributed by atoms with Crippen molar-refractivity contribution in [2.45, 2.75) is 16.9 Å². The smallest absolute Gasteiger partial charge is 0.252 e. The zero-order chi connectivity index (χ0) is 18.9. The number of amides is 1. The second-order valence-electron chi connectivity index (χ2n) is 6.23. The zero-order valence-electron chi connectivity index (χ0n) is 14.3. The minimum Gasteiger partial charge on any atom is -0.496 e. The highest BCUT2D eigenvalue weighted by atomic mass is 32.2. The van der Waals surface area contributed by atoms with Crippen molar-refractivity contribution in [2.24, 2.45) is 11.5 Å². The summed E-state index contributed by atoms with van der Waals surface area (Å²) in [6.07, 6.45) is 0. The van der Waals surface area contributed by atoms with Crippen LogP contribution < -0.4 is 16.2 Å². The fourth-order valence-corrected chi connectivity index (χ4v) is 4.76. The van der Waals surface area contributed by atoms with Gasteiger partial charge in [0, 0.05) is 25.0 Å².